The molecular formula is C17H21N3O3S. The van der Waals surface area contributed by atoms with Crippen molar-refractivity contribution in [3.05, 3.63) is 48.7 Å². The summed E-state index contributed by atoms with van der Waals surface area (Å²) < 4.78 is 29.4. The maximum Gasteiger partial charge on any atom is 0.241 e. The first-order valence-corrected chi connectivity index (χ1v) is 9.49. The largest absolute Gasteiger partial charge is 0.493 e. The van der Waals surface area contributed by atoms with Crippen LogP contribution in [0, 0.1) is 5.92 Å². The summed E-state index contributed by atoms with van der Waals surface area (Å²) in [6.45, 7) is 2.06. The van der Waals surface area contributed by atoms with Crippen LogP contribution in [0.2, 0.25) is 0 Å². The Bertz CT molecular complexity index is 781. The first-order valence-electron chi connectivity index (χ1n) is 7.94. The van der Waals surface area contributed by atoms with Gasteiger partial charge in [0.05, 0.1) is 6.61 Å². The molecule has 1 atom stereocenters. The van der Waals surface area contributed by atoms with Gasteiger partial charge in [-0.05, 0) is 37.1 Å². The number of nitrogens with two attached hydrogens (primary N) is 1. The number of pyridine rings is 1. The highest BCUT2D eigenvalue weighted by molar-refractivity contribution is 7.89. The number of anilines is 1. The highest BCUT2D eigenvalue weighted by Gasteiger charge is 2.26. The number of nitrogens with zero attached hydrogens (tertiary/aromatic N) is 2. The summed E-state index contributed by atoms with van der Waals surface area (Å²) in [6.07, 6.45) is 3.60. The molecule has 1 aromatic carbocycles. The van der Waals surface area contributed by atoms with Crippen LogP contribution >= 0.6 is 0 Å². The molecular weight excluding hydrogens is 326 g/mol. The minimum Gasteiger partial charge on any atom is -0.493 e. The molecule has 0 saturated carbocycles. The quantitative estimate of drug-likeness (QED) is 0.894. The Morgan fingerprint density at radius 3 is 2.75 bits per heavy atom. The second kappa shape index (κ2) is 7.19. The van der Waals surface area contributed by atoms with Gasteiger partial charge in [0.2, 0.25) is 10.0 Å². The number of primary sulfonamides is 1. The predicted molar refractivity (Wildman–Crippen MR) is 92.5 cm³/mol. The van der Waals surface area contributed by atoms with Crippen molar-refractivity contribution < 1.29 is 13.2 Å². The Morgan fingerprint density at radius 1 is 1.21 bits per heavy atom. The molecule has 3 rings (SSSR count). The van der Waals surface area contributed by atoms with Gasteiger partial charge in [-0.1, -0.05) is 18.2 Å². The van der Waals surface area contributed by atoms with E-state index in [9.17, 15) is 8.42 Å². The average Bonchev–Trinajstić information content (AvgIpc) is 2.60. The van der Waals surface area contributed by atoms with Gasteiger partial charge in [0, 0.05) is 25.2 Å². The Balaban J connectivity index is 1.70. The molecule has 128 valence electrons. The normalized spacial score (nSPS) is 18.4. The van der Waals surface area contributed by atoms with Gasteiger partial charge in [-0.15, -0.1) is 0 Å². The van der Waals surface area contributed by atoms with Crippen molar-refractivity contribution in [1.82, 2.24) is 4.98 Å². The summed E-state index contributed by atoms with van der Waals surface area (Å²) in [5, 5.41) is 5.31. The summed E-state index contributed by atoms with van der Waals surface area (Å²) in [7, 11) is -3.79. The molecule has 0 amide bonds. The fraction of sp³-hybridized carbons (Fsp3) is 0.353. The van der Waals surface area contributed by atoms with E-state index in [1.165, 1.54) is 6.07 Å². The van der Waals surface area contributed by atoms with Gasteiger partial charge in [-0.2, -0.15) is 0 Å². The molecule has 24 heavy (non-hydrogen) atoms. The molecule has 1 aliphatic rings. The number of benzene rings is 1. The van der Waals surface area contributed by atoms with Crippen LogP contribution in [0.25, 0.3) is 0 Å². The third kappa shape index (κ3) is 4.04. The molecule has 0 radical (unpaired) electrons. The van der Waals surface area contributed by atoms with E-state index in [0.717, 1.165) is 25.1 Å². The number of sulfonamides is 1. The van der Waals surface area contributed by atoms with Crippen LogP contribution in [-0.4, -0.2) is 33.1 Å². The van der Waals surface area contributed by atoms with Crippen molar-refractivity contribution in [2.45, 2.75) is 17.7 Å². The van der Waals surface area contributed by atoms with E-state index in [1.807, 2.05) is 35.2 Å². The SMILES string of the molecule is NS(=O)(=O)c1cccnc1N1CCCC(COc2ccccc2)C1. The molecule has 1 unspecified atom stereocenters. The highest BCUT2D eigenvalue weighted by atomic mass is 32.2. The fourth-order valence-corrected chi connectivity index (χ4v) is 3.67. The van der Waals surface area contributed by atoms with E-state index in [1.54, 1.807) is 12.3 Å². The maximum absolute atomic E-state index is 11.8. The minimum atomic E-state index is -3.79. The van der Waals surface area contributed by atoms with Gasteiger partial charge in [-0.3, -0.25) is 0 Å². The number of hydrogen-bond acceptors (Lipinski definition) is 5. The van der Waals surface area contributed by atoms with Gasteiger partial charge in [-0.25, -0.2) is 18.5 Å². The topological polar surface area (TPSA) is 85.5 Å². The Morgan fingerprint density at radius 2 is 2.00 bits per heavy atom. The summed E-state index contributed by atoms with van der Waals surface area (Å²) in [6, 6.07) is 12.8. The van der Waals surface area contributed by atoms with Gasteiger partial charge in [0.25, 0.3) is 0 Å². The summed E-state index contributed by atoms with van der Waals surface area (Å²) in [4.78, 5) is 6.31. The predicted octanol–water partition coefficient (Wildman–Crippen LogP) is 2.02. The van der Waals surface area contributed by atoms with Crippen LogP contribution in [0.15, 0.2) is 53.6 Å². The molecule has 0 spiro atoms. The number of rotatable bonds is 5. The lowest BCUT2D eigenvalue weighted by Crippen LogP contribution is -2.39. The number of piperidine rings is 1. The lowest BCUT2D eigenvalue weighted by Gasteiger charge is -2.34. The smallest absolute Gasteiger partial charge is 0.241 e. The molecule has 0 aliphatic carbocycles. The highest BCUT2D eigenvalue weighted by Crippen LogP contribution is 2.27. The molecule has 1 aromatic heterocycles. The van der Waals surface area contributed by atoms with E-state index in [4.69, 9.17) is 9.88 Å². The molecule has 2 aromatic rings. The van der Waals surface area contributed by atoms with E-state index >= 15 is 0 Å². The van der Waals surface area contributed by atoms with E-state index in [-0.39, 0.29) is 4.90 Å². The van der Waals surface area contributed by atoms with E-state index < -0.39 is 10.0 Å². The Labute approximate surface area is 142 Å². The van der Waals surface area contributed by atoms with Crippen molar-refractivity contribution >= 4 is 15.8 Å². The van der Waals surface area contributed by atoms with Gasteiger partial charge >= 0.3 is 0 Å². The van der Waals surface area contributed by atoms with Crippen LogP contribution in [0.3, 0.4) is 0 Å². The number of ether oxygens (including phenoxy) is 1. The van der Waals surface area contributed by atoms with Crippen molar-refractivity contribution in [1.29, 1.82) is 0 Å². The zero-order valence-electron chi connectivity index (χ0n) is 13.3. The summed E-state index contributed by atoms with van der Waals surface area (Å²) >= 11 is 0. The van der Waals surface area contributed by atoms with E-state index in [0.29, 0.717) is 24.9 Å². The maximum atomic E-state index is 11.8. The first-order chi connectivity index (χ1) is 11.5. The monoisotopic (exact) mass is 347 g/mol. The molecule has 2 N–H and O–H groups in total. The summed E-state index contributed by atoms with van der Waals surface area (Å²) in [5.74, 6) is 1.59. The van der Waals surface area contributed by atoms with Crippen LogP contribution in [-0.2, 0) is 10.0 Å². The van der Waals surface area contributed by atoms with Crippen molar-refractivity contribution in [3.63, 3.8) is 0 Å². The lowest BCUT2D eigenvalue weighted by atomic mass is 9.99. The zero-order chi connectivity index (χ0) is 17.0. The van der Waals surface area contributed by atoms with Crippen molar-refractivity contribution in [2.75, 3.05) is 24.6 Å². The van der Waals surface area contributed by atoms with Gasteiger partial charge in [0.15, 0.2) is 0 Å². The number of hydrogen-bond donors (Lipinski definition) is 1. The first kappa shape index (κ1) is 16.7. The third-order valence-electron chi connectivity index (χ3n) is 4.10. The van der Waals surface area contributed by atoms with Crippen LogP contribution in [0.5, 0.6) is 5.75 Å². The van der Waals surface area contributed by atoms with Crippen molar-refractivity contribution in [3.8, 4) is 5.75 Å². The molecule has 1 saturated heterocycles. The van der Waals surface area contributed by atoms with Crippen molar-refractivity contribution in [2.24, 2.45) is 11.1 Å². The lowest BCUT2D eigenvalue weighted by molar-refractivity contribution is 0.228. The molecule has 6 nitrogen and oxygen atoms in total. The Hall–Kier alpha value is -2.12. The average molecular weight is 347 g/mol. The van der Waals surface area contributed by atoms with Crippen LogP contribution < -0.4 is 14.8 Å². The third-order valence-corrected chi connectivity index (χ3v) is 5.04. The summed E-state index contributed by atoms with van der Waals surface area (Å²) in [5.41, 5.74) is 0. The molecule has 7 heteroatoms. The standard InChI is InChI=1S/C17H21N3O3S/c18-24(21,22)16-9-4-10-19-17(16)20-11-5-6-14(12-20)13-23-15-7-2-1-3-8-15/h1-4,7-10,14H,5-6,11-13H2,(H2,18,21,22). The molecule has 0 bridgehead atoms. The van der Waals surface area contributed by atoms with Gasteiger partial charge < -0.3 is 9.64 Å². The zero-order valence-corrected chi connectivity index (χ0v) is 14.2. The second-order valence-electron chi connectivity index (χ2n) is 5.95. The van der Waals surface area contributed by atoms with E-state index in [2.05, 4.69) is 4.98 Å². The second-order valence-corrected chi connectivity index (χ2v) is 7.48. The van der Waals surface area contributed by atoms with Crippen LogP contribution in [0.4, 0.5) is 5.82 Å². The van der Waals surface area contributed by atoms with Crippen LogP contribution in [0.1, 0.15) is 12.8 Å². The number of aromatic nitrogens is 1. The number of para-hydroxylation sites is 1. The molecule has 1 fully saturated rings. The molecule has 1 aliphatic heterocycles. The molecule has 2 heterocycles. The Kier molecular flexibility index (Phi) is 5.01. The minimum absolute atomic E-state index is 0.0784. The van der Waals surface area contributed by atoms with Gasteiger partial charge in [0.1, 0.15) is 16.5 Å². The fourth-order valence-electron chi connectivity index (χ4n) is 2.97.